The Bertz CT molecular complexity index is 523. The average Bonchev–Trinajstić information content (AvgIpc) is 2.58. The number of hydrogen-bond acceptors (Lipinski definition) is 4. The summed E-state index contributed by atoms with van der Waals surface area (Å²) in [5.41, 5.74) is 0. The molecule has 0 atom stereocenters. The topological polar surface area (TPSA) is 45.2 Å². The molecule has 3 rings (SSSR count). The molecule has 0 aromatic carbocycles. The zero-order chi connectivity index (χ0) is 16.1. The summed E-state index contributed by atoms with van der Waals surface area (Å²) in [6, 6.07) is 5.96. The molecular weight excluding hydrogens is 306 g/mol. The molecule has 5 heteroatoms. The van der Waals surface area contributed by atoms with Crippen LogP contribution in [-0.4, -0.2) is 41.2 Å². The van der Waals surface area contributed by atoms with E-state index >= 15 is 0 Å². The van der Waals surface area contributed by atoms with Crippen LogP contribution in [0.3, 0.4) is 0 Å². The van der Waals surface area contributed by atoms with Gasteiger partial charge in [-0.05, 0) is 58.0 Å². The Hall–Kier alpha value is -1.07. The third-order valence-electron chi connectivity index (χ3n) is 4.90. The number of nitrogens with one attached hydrogen (secondary N) is 1. The number of piperidine rings is 1. The van der Waals surface area contributed by atoms with Crippen LogP contribution in [0.5, 0.6) is 0 Å². The molecule has 2 aliphatic rings. The van der Waals surface area contributed by atoms with Crippen molar-refractivity contribution in [2.45, 2.75) is 55.2 Å². The number of nitrogens with zero attached hydrogens (tertiary/aromatic N) is 2. The fourth-order valence-electron chi connectivity index (χ4n) is 3.42. The SMILES string of the molecule is CN1CCC(Sc2cccc(NC(=O)C3CCCCC3)n2)CC1. The molecule has 1 N–H and O–H groups in total. The average molecular weight is 334 g/mol. The van der Waals surface area contributed by atoms with Gasteiger partial charge in [-0.3, -0.25) is 4.79 Å². The van der Waals surface area contributed by atoms with E-state index in [1.165, 1.54) is 32.1 Å². The fraction of sp³-hybridized carbons (Fsp3) is 0.667. The highest BCUT2D eigenvalue weighted by atomic mass is 32.2. The summed E-state index contributed by atoms with van der Waals surface area (Å²) in [6.07, 6.45) is 8.09. The van der Waals surface area contributed by atoms with Crippen molar-refractivity contribution in [1.29, 1.82) is 0 Å². The van der Waals surface area contributed by atoms with Crippen molar-refractivity contribution >= 4 is 23.5 Å². The molecule has 1 aliphatic heterocycles. The molecule has 1 amide bonds. The number of likely N-dealkylation sites (tertiary alicyclic amines) is 1. The summed E-state index contributed by atoms with van der Waals surface area (Å²) in [5, 5.41) is 4.70. The Morgan fingerprint density at radius 1 is 1.17 bits per heavy atom. The maximum Gasteiger partial charge on any atom is 0.228 e. The van der Waals surface area contributed by atoms with Gasteiger partial charge in [-0.2, -0.15) is 0 Å². The van der Waals surface area contributed by atoms with Crippen molar-refractivity contribution in [2.24, 2.45) is 5.92 Å². The molecule has 126 valence electrons. The van der Waals surface area contributed by atoms with E-state index in [9.17, 15) is 4.79 Å². The van der Waals surface area contributed by atoms with Gasteiger partial charge in [0.25, 0.3) is 0 Å². The van der Waals surface area contributed by atoms with Gasteiger partial charge >= 0.3 is 0 Å². The van der Waals surface area contributed by atoms with Gasteiger partial charge in [0, 0.05) is 11.2 Å². The summed E-state index contributed by atoms with van der Waals surface area (Å²) in [7, 11) is 2.18. The molecular formula is C18H27N3OS. The molecule has 1 aromatic rings. The van der Waals surface area contributed by atoms with E-state index < -0.39 is 0 Å². The first-order valence-electron chi connectivity index (χ1n) is 8.84. The van der Waals surface area contributed by atoms with E-state index in [1.54, 1.807) is 0 Å². The van der Waals surface area contributed by atoms with Gasteiger partial charge in [0.15, 0.2) is 0 Å². The summed E-state index contributed by atoms with van der Waals surface area (Å²) < 4.78 is 0. The van der Waals surface area contributed by atoms with Gasteiger partial charge in [0.05, 0.1) is 5.03 Å². The zero-order valence-corrected chi connectivity index (χ0v) is 14.8. The summed E-state index contributed by atoms with van der Waals surface area (Å²) in [6.45, 7) is 2.32. The van der Waals surface area contributed by atoms with Gasteiger partial charge in [0.1, 0.15) is 5.82 Å². The van der Waals surface area contributed by atoms with E-state index in [0.717, 1.165) is 31.0 Å². The maximum absolute atomic E-state index is 12.3. The lowest BCUT2D eigenvalue weighted by Gasteiger charge is -2.28. The van der Waals surface area contributed by atoms with E-state index in [1.807, 2.05) is 23.9 Å². The van der Waals surface area contributed by atoms with E-state index in [4.69, 9.17) is 0 Å². The summed E-state index contributed by atoms with van der Waals surface area (Å²) in [5.74, 6) is 1.04. The van der Waals surface area contributed by atoms with Crippen LogP contribution in [0.15, 0.2) is 23.2 Å². The molecule has 1 saturated carbocycles. The predicted molar refractivity (Wildman–Crippen MR) is 95.8 cm³/mol. The Kier molecular flexibility index (Phi) is 5.95. The van der Waals surface area contributed by atoms with Crippen LogP contribution in [0.2, 0.25) is 0 Å². The van der Waals surface area contributed by atoms with E-state index in [2.05, 4.69) is 28.3 Å². The number of hydrogen-bond donors (Lipinski definition) is 1. The highest BCUT2D eigenvalue weighted by Crippen LogP contribution is 2.30. The van der Waals surface area contributed by atoms with E-state index in [0.29, 0.717) is 11.1 Å². The number of anilines is 1. The van der Waals surface area contributed by atoms with Crippen LogP contribution >= 0.6 is 11.8 Å². The van der Waals surface area contributed by atoms with Crippen molar-refractivity contribution in [3.05, 3.63) is 18.2 Å². The number of aromatic nitrogens is 1. The van der Waals surface area contributed by atoms with Crippen molar-refractivity contribution < 1.29 is 4.79 Å². The van der Waals surface area contributed by atoms with Crippen molar-refractivity contribution in [3.63, 3.8) is 0 Å². The monoisotopic (exact) mass is 333 g/mol. The van der Waals surface area contributed by atoms with E-state index in [-0.39, 0.29) is 11.8 Å². The minimum Gasteiger partial charge on any atom is -0.310 e. The van der Waals surface area contributed by atoms with Gasteiger partial charge in [-0.1, -0.05) is 25.3 Å². The molecule has 0 spiro atoms. The quantitative estimate of drug-likeness (QED) is 0.910. The van der Waals surface area contributed by atoms with Gasteiger partial charge in [-0.15, -0.1) is 11.8 Å². The Morgan fingerprint density at radius 2 is 1.91 bits per heavy atom. The number of carbonyl (C=O) groups is 1. The highest BCUT2D eigenvalue weighted by Gasteiger charge is 2.22. The van der Waals surface area contributed by atoms with Crippen LogP contribution in [0.25, 0.3) is 0 Å². The minimum absolute atomic E-state index is 0.152. The number of pyridine rings is 1. The molecule has 1 aromatic heterocycles. The third kappa shape index (κ3) is 4.95. The molecule has 0 radical (unpaired) electrons. The number of carbonyl (C=O) groups excluding carboxylic acids is 1. The first-order chi connectivity index (χ1) is 11.2. The first-order valence-corrected chi connectivity index (χ1v) is 9.72. The minimum atomic E-state index is 0.152. The molecule has 4 nitrogen and oxygen atoms in total. The second-order valence-electron chi connectivity index (χ2n) is 6.81. The molecule has 0 bridgehead atoms. The van der Waals surface area contributed by atoms with Crippen molar-refractivity contribution in [2.75, 3.05) is 25.5 Å². The Labute approximate surface area is 143 Å². The lowest BCUT2D eigenvalue weighted by molar-refractivity contribution is -0.120. The lowest BCUT2D eigenvalue weighted by Crippen LogP contribution is -2.31. The van der Waals surface area contributed by atoms with Crippen molar-refractivity contribution in [3.8, 4) is 0 Å². The second kappa shape index (κ2) is 8.15. The molecule has 2 fully saturated rings. The molecule has 1 aliphatic carbocycles. The third-order valence-corrected chi connectivity index (χ3v) is 6.18. The summed E-state index contributed by atoms with van der Waals surface area (Å²) >= 11 is 1.85. The molecule has 23 heavy (non-hydrogen) atoms. The van der Waals surface area contributed by atoms with Crippen LogP contribution in [-0.2, 0) is 4.79 Å². The largest absolute Gasteiger partial charge is 0.310 e. The van der Waals surface area contributed by atoms with Crippen LogP contribution < -0.4 is 5.32 Å². The number of amides is 1. The Morgan fingerprint density at radius 3 is 2.65 bits per heavy atom. The maximum atomic E-state index is 12.3. The van der Waals surface area contributed by atoms with Gasteiger partial charge < -0.3 is 10.2 Å². The second-order valence-corrected chi connectivity index (χ2v) is 8.13. The number of rotatable bonds is 4. The molecule has 2 heterocycles. The smallest absolute Gasteiger partial charge is 0.228 e. The van der Waals surface area contributed by atoms with Gasteiger partial charge in [0.2, 0.25) is 5.91 Å². The standard InChI is InChI=1S/C18H27N3OS/c1-21-12-10-15(11-13-21)23-17-9-5-8-16(19-17)20-18(22)14-6-3-2-4-7-14/h5,8-9,14-15H,2-4,6-7,10-13H2,1H3,(H,19,20,22). The molecule has 1 saturated heterocycles. The van der Waals surface area contributed by atoms with Crippen LogP contribution in [0.1, 0.15) is 44.9 Å². The fourth-order valence-corrected chi connectivity index (χ4v) is 4.51. The van der Waals surface area contributed by atoms with Gasteiger partial charge in [-0.25, -0.2) is 4.98 Å². The predicted octanol–water partition coefficient (Wildman–Crippen LogP) is 3.79. The Balaban J connectivity index is 1.55. The van der Waals surface area contributed by atoms with Crippen LogP contribution in [0.4, 0.5) is 5.82 Å². The van der Waals surface area contributed by atoms with Crippen LogP contribution in [0, 0.1) is 5.92 Å². The highest BCUT2D eigenvalue weighted by molar-refractivity contribution is 7.99. The zero-order valence-electron chi connectivity index (χ0n) is 14.0. The van der Waals surface area contributed by atoms with Crippen molar-refractivity contribution in [1.82, 2.24) is 9.88 Å². The molecule has 0 unspecified atom stereocenters. The summed E-state index contributed by atoms with van der Waals surface area (Å²) in [4.78, 5) is 19.4. The first kappa shape index (κ1) is 16.8. The lowest BCUT2D eigenvalue weighted by atomic mass is 9.89. The number of thioether (sulfide) groups is 1. The normalized spacial score (nSPS) is 21.3.